The van der Waals surface area contributed by atoms with Crippen molar-refractivity contribution in [1.29, 1.82) is 0 Å². The zero-order chi connectivity index (χ0) is 15.6. The number of H-pyrrole nitrogens is 2. The molecule has 0 radical (unpaired) electrons. The van der Waals surface area contributed by atoms with Gasteiger partial charge in [0.1, 0.15) is 0 Å². The van der Waals surface area contributed by atoms with Gasteiger partial charge in [0.05, 0.1) is 30.5 Å². The average molecular weight is 314 g/mol. The largest absolute Gasteiger partial charge is 0.377 e. The van der Waals surface area contributed by atoms with E-state index in [1.807, 2.05) is 6.20 Å². The minimum absolute atomic E-state index is 0.638. The highest BCUT2D eigenvalue weighted by Crippen LogP contribution is 2.33. The topological polar surface area (TPSA) is 66.6 Å². The van der Waals surface area contributed by atoms with Crippen molar-refractivity contribution in [2.24, 2.45) is 0 Å². The molecule has 2 aliphatic rings. The molecule has 0 atom stereocenters. The molecule has 2 N–H and O–H groups in total. The van der Waals surface area contributed by atoms with E-state index < -0.39 is 8.07 Å². The van der Waals surface area contributed by atoms with Crippen LogP contribution in [0, 0.1) is 0 Å². The summed E-state index contributed by atoms with van der Waals surface area (Å²) in [6.07, 6.45) is 5.38. The van der Waals surface area contributed by atoms with Crippen LogP contribution in [0.5, 0.6) is 0 Å². The van der Waals surface area contributed by atoms with Gasteiger partial charge >= 0.3 is 0 Å². The summed E-state index contributed by atoms with van der Waals surface area (Å²) in [5, 5.41) is 6.83. The van der Waals surface area contributed by atoms with E-state index in [1.54, 1.807) is 12.5 Å². The molecule has 1 aliphatic carbocycles. The van der Waals surface area contributed by atoms with Crippen LogP contribution in [0.25, 0.3) is 22.5 Å². The van der Waals surface area contributed by atoms with Crippen LogP contribution in [0.15, 0.2) is 30.9 Å². The Morgan fingerprint density at radius 3 is 2.82 bits per heavy atom. The molecule has 0 aromatic carbocycles. The van der Waals surface area contributed by atoms with Gasteiger partial charge in [0.2, 0.25) is 0 Å². The molecular weight excluding hydrogens is 292 g/mol. The summed E-state index contributed by atoms with van der Waals surface area (Å²) in [6.45, 7) is 8.57. The van der Waals surface area contributed by atoms with Crippen LogP contribution in [0.4, 0.5) is 0 Å². The SMILES string of the molecule is C[Si](C)(C)CCOCc1ccc2c(-c3cn[nH]c3)nc[nH]c1-2. The summed E-state index contributed by atoms with van der Waals surface area (Å²) in [4.78, 5) is 7.69. The maximum absolute atomic E-state index is 5.87. The van der Waals surface area contributed by atoms with Crippen molar-refractivity contribution in [3.63, 3.8) is 0 Å². The van der Waals surface area contributed by atoms with Crippen molar-refractivity contribution in [3.05, 3.63) is 36.4 Å². The average Bonchev–Trinajstić information content (AvgIpc) is 3.12. The lowest BCUT2D eigenvalue weighted by molar-refractivity contribution is 0.133. The maximum atomic E-state index is 5.87. The van der Waals surface area contributed by atoms with Crippen molar-refractivity contribution in [2.45, 2.75) is 32.3 Å². The Morgan fingerprint density at radius 1 is 1.23 bits per heavy atom. The van der Waals surface area contributed by atoms with Crippen molar-refractivity contribution >= 4 is 8.07 Å². The highest BCUT2D eigenvalue weighted by atomic mass is 28.3. The van der Waals surface area contributed by atoms with Gasteiger partial charge in [0.25, 0.3) is 0 Å². The number of rotatable bonds is 6. The highest BCUT2D eigenvalue weighted by Gasteiger charge is 2.17. The van der Waals surface area contributed by atoms with E-state index in [2.05, 4.69) is 51.9 Å². The lowest BCUT2D eigenvalue weighted by Gasteiger charge is -2.15. The summed E-state index contributed by atoms with van der Waals surface area (Å²) < 4.78 is 5.87. The second-order valence-corrected chi connectivity index (χ2v) is 12.4. The Kier molecular flexibility index (Phi) is 4.13. The minimum atomic E-state index is -1.03. The van der Waals surface area contributed by atoms with Gasteiger partial charge in [-0.2, -0.15) is 5.10 Å². The maximum Gasteiger partial charge on any atom is 0.0931 e. The molecule has 0 fully saturated rings. The number of ether oxygens (including phenoxy) is 1. The summed E-state index contributed by atoms with van der Waals surface area (Å²) in [5.41, 5.74) is 5.32. The van der Waals surface area contributed by atoms with Crippen LogP contribution in [-0.2, 0) is 11.3 Å². The van der Waals surface area contributed by atoms with Gasteiger partial charge < -0.3 is 9.72 Å². The predicted octanol–water partition coefficient (Wildman–Crippen LogP) is 3.76. The number of fused-ring (bicyclic) bond motifs is 1. The van der Waals surface area contributed by atoms with Gasteiger partial charge in [0, 0.05) is 37.6 Å². The first-order valence-corrected chi connectivity index (χ1v) is 11.3. The van der Waals surface area contributed by atoms with Crippen molar-refractivity contribution in [3.8, 4) is 22.5 Å². The van der Waals surface area contributed by atoms with Crippen molar-refractivity contribution < 1.29 is 4.74 Å². The van der Waals surface area contributed by atoms with Gasteiger partial charge in [-0.1, -0.05) is 31.8 Å². The number of hydrogen-bond donors (Lipinski definition) is 2. The van der Waals surface area contributed by atoms with Crippen LogP contribution >= 0.6 is 0 Å². The lowest BCUT2D eigenvalue weighted by Crippen LogP contribution is -2.21. The molecule has 2 heterocycles. The fourth-order valence-corrected chi connectivity index (χ4v) is 3.17. The first-order chi connectivity index (χ1) is 10.5. The molecule has 3 rings (SSSR count). The summed E-state index contributed by atoms with van der Waals surface area (Å²) in [7, 11) is -1.03. The van der Waals surface area contributed by atoms with Crippen LogP contribution in [-0.4, -0.2) is 34.8 Å². The van der Waals surface area contributed by atoms with E-state index in [0.717, 1.165) is 29.1 Å². The first kappa shape index (κ1) is 15.0. The number of aromatic amines is 2. The standard InChI is InChI=1S/C16H22N4OSi/c1-22(2,3)7-6-21-10-12-4-5-14-15(12)17-11-18-16(14)13-8-19-20-9-13/h4-5,8-9,11H,6-7,10H2,1-3H3,(H,17,18)(H,19,20). The zero-order valence-corrected chi connectivity index (χ0v) is 14.3. The van der Waals surface area contributed by atoms with E-state index >= 15 is 0 Å². The van der Waals surface area contributed by atoms with E-state index in [9.17, 15) is 0 Å². The Bertz CT molecular complexity index is 700. The Morgan fingerprint density at radius 2 is 2.09 bits per heavy atom. The molecule has 1 aromatic rings. The number of hydrogen-bond acceptors (Lipinski definition) is 3. The molecule has 1 aromatic heterocycles. The van der Waals surface area contributed by atoms with E-state index in [-0.39, 0.29) is 0 Å². The second kappa shape index (κ2) is 6.06. The Balaban J connectivity index is 1.72. The molecule has 0 saturated heterocycles. The third kappa shape index (κ3) is 3.28. The minimum Gasteiger partial charge on any atom is -0.377 e. The van der Waals surface area contributed by atoms with Gasteiger partial charge in [-0.3, -0.25) is 5.10 Å². The predicted molar refractivity (Wildman–Crippen MR) is 90.6 cm³/mol. The van der Waals surface area contributed by atoms with E-state index in [4.69, 9.17) is 4.74 Å². The molecular formula is C16H22N4OSi. The monoisotopic (exact) mass is 314 g/mol. The third-order valence-electron chi connectivity index (χ3n) is 3.72. The molecule has 5 nitrogen and oxygen atoms in total. The van der Waals surface area contributed by atoms with Crippen LogP contribution < -0.4 is 0 Å². The van der Waals surface area contributed by atoms with Crippen LogP contribution in [0.2, 0.25) is 25.7 Å². The summed E-state index contributed by atoms with van der Waals surface area (Å²) in [6, 6.07) is 5.40. The molecule has 0 spiro atoms. The molecule has 116 valence electrons. The second-order valence-electron chi connectivity index (χ2n) is 6.75. The molecule has 0 saturated carbocycles. The van der Waals surface area contributed by atoms with Crippen LogP contribution in [0.1, 0.15) is 5.56 Å². The lowest BCUT2D eigenvalue weighted by atomic mass is 10.1. The quantitative estimate of drug-likeness (QED) is 0.538. The zero-order valence-electron chi connectivity index (χ0n) is 13.3. The smallest absolute Gasteiger partial charge is 0.0931 e. The highest BCUT2D eigenvalue weighted by molar-refractivity contribution is 6.76. The molecule has 0 unspecified atom stereocenters. The normalized spacial score (nSPS) is 12.1. The third-order valence-corrected chi connectivity index (χ3v) is 5.43. The molecule has 0 amide bonds. The van der Waals surface area contributed by atoms with Gasteiger partial charge in [-0.15, -0.1) is 0 Å². The molecule has 22 heavy (non-hydrogen) atoms. The molecule has 6 heteroatoms. The first-order valence-electron chi connectivity index (χ1n) is 7.56. The van der Waals surface area contributed by atoms with Crippen molar-refractivity contribution in [2.75, 3.05) is 6.61 Å². The summed E-state index contributed by atoms with van der Waals surface area (Å²) >= 11 is 0. The fraction of sp³-hybridized carbons (Fsp3) is 0.375. The summed E-state index contributed by atoms with van der Waals surface area (Å²) in [5.74, 6) is 0. The van der Waals surface area contributed by atoms with Gasteiger partial charge in [0.15, 0.2) is 0 Å². The number of nitrogens with zero attached hydrogens (tertiary/aromatic N) is 2. The molecule has 0 bridgehead atoms. The number of aromatic nitrogens is 4. The van der Waals surface area contributed by atoms with E-state index in [0.29, 0.717) is 6.61 Å². The van der Waals surface area contributed by atoms with Crippen LogP contribution in [0.3, 0.4) is 0 Å². The van der Waals surface area contributed by atoms with Gasteiger partial charge in [-0.05, 0) is 6.04 Å². The van der Waals surface area contributed by atoms with Crippen molar-refractivity contribution in [1.82, 2.24) is 20.2 Å². The fourth-order valence-electron chi connectivity index (χ4n) is 2.41. The van der Waals surface area contributed by atoms with Gasteiger partial charge in [-0.25, -0.2) is 4.98 Å². The Labute approximate surface area is 131 Å². The molecule has 1 aliphatic heterocycles. The Hall–Kier alpha value is -1.92. The van der Waals surface area contributed by atoms with E-state index in [1.165, 1.54) is 11.6 Å². The number of nitrogens with one attached hydrogen (secondary N) is 2.